The van der Waals surface area contributed by atoms with Crippen LogP contribution < -0.4 is 0 Å². The van der Waals surface area contributed by atoms with Gasteiger partial charge in [0.25, 0.3) is 0 Å². The summed E-state index contributed by atoms with van der Waals surface area (Å²) in [6.07, 6.45) is -3.28. The second-order valence-corrected chi connectivity index (χ2v) is 5.22. The molecule has 1 aliphatic heterocycles. The average molecular weight is 359 g/mol. The van der Waals surface area contributed by atoms with Crippen LogP contribution in [0.2, 0.25) is 0 Å². The molecule has 1 aliphatic rings. The second-order valence-electron chi connectivity index (χ2n) is 5.22. The van der Waals surface area contributed by atoms with Crippen LogP contribution in [-0.4, -0.2) is 61.1 Å². The number of carbonyl (C=O) groups is 4. The van der Waals surface area contributed by atoms with Crippen molar-refractivity contribution >= 4 is 29.6 Å². The van der Waals surface area contributed by atoms with E-state index in [1.54, 1.807) is 0 Å². The van der Waals surface area contributed by atoms with Crippen LogP contribution in [0.3, 0.4) is 0 Å². The number of ether oxygens (including phenoxy) is 4. The Morgan fingerprint density at radius 2 is 1.56 bits per heavy atom. The van der Waals surface area contributed by atoms with E-state index in [-0.39, 0.29) is 6.61 Å². The van der Waals surface area contributed by atoms with Crippen molar-refractivity contribution in [3.05, 3.63) is 0 Å². The number of oxime groups is 1. The molecule has 25 heavy (non-hydrogen) atoms. The van der Waals surface area contributed by atoms with E-state index in [0.717, 1.165) is 13.8 Å². The number of nitrogens with zero attached hydrogens (tertiary/aromatic N) is 1. The summed E-state index contributed by atoms with van der Waals surface area (Å²) >= 11 is 0. The van der Waals surface area contributed by atoms with Crippen molar-refractivity contribution in [2.45, 2.75) is 52.4 Å². The molecular formula is C15H21NO9. The Morgan fingerprint density at radius 1 is 0.960 bits per heavy atom. The predicted octanol–water partition coefficient (Wildman–Crippen LogP) is 0.121. The van der Waals surface area contributed by atoms with Gasteiger partial charge < -0.3 is 23.8 Å². The molecule has 0 bridgehead atoms. The lowest BCUT2D eigenvalue weighted by atomic mass is 10.0. The van der Waals surface area contributed by atoms with Gasteiger partial charge >= 0.3 is 23.9 Å². The molecule has 10 nitrogen and oxygen atoms in total. The van der Waals surface area contributed by atoms with Gasteiger partial charge in [-0.3, -0.25) is 19.2 Å². The quantitative estimate of drug-likeness (QED) is 0.438. The highest BCUT2D eigenvalue weighted by Gasteiger charge is 2.41. The van der Waals surface area contributed by atoms with E-state index in [1.165, 1.54) is 13.8 Å². The molecule has 0 aliphatic carbocycles. The topological polar surface area (TPSA) is 127 Å². The number of hydrogen-bond donors (Lipinski definition) is 0. The van der Waals surface area contributed by atoms with Gasteiger partial charge in [-0.2, -0.15) is 0 Å². The van der Waals surface area contributed by atoms with Gasteiger partial charge in [0.2, 0.25) is 0 Å². The first-order valence-electron chi connectivity index (χ1n) is 7.54. The highest BCUT2D eigenvalue weighted by Crippen LogP contribution is 2.20. The van der Waals surface area contributed by atoms with Crippen molar-refractivity contribution in [3.8, 4) is 0 Å². The van der Waals surface area contributed by atoms with Crippen molar-refractivity contribution < 1.29 is 43.0 Å². The van der Waals surface area contributed by atoms with E-state index < -0.39 is 48.8 Å². The summed E-state index contributed by atoms with van der Waals surface area (Å²) in [7, 11) is 0. The van der Waals surface area contributed by atoms with Crippen LogP contribution in [0.25, 0.3) is 0 Å². The third-order valence-electron chi connectivity index (χ3n) is 2.99. The summed E-state index contributed by atoms with van der Waals surface area (Å²) in [4.78, 5) is 50.3. The van der Waals surface area contributed by atoms with Crippen molar-refractivity contribution in [1.29, 1.82) is 0 Å². The fourth-order valence-electron chi connectivity index (χ4n) is 2.15. The third-order valence-corrected chi connectivity index (χ3v) is 2.99. The summed E-state index contributed by atoms with van der Waals surface area (Å²) in [6.45, 7) is 4.50. The molecular weight excluding hydrogens is 338 g/mol. The van der Waals surface area contributed by atoms with Gasteiger partial charge in [-0.1, -0.05) is 5.16 Å². The molecule has 0 saturated carbocycles. The van der Waals surface area contributed by atoms with Gasteiger partial charge in [-0.15, -0.1) is 0 Å². The minimum atomic E-state index is -1.26. The minimum absolute atomic E-state index is 0.266. The molecule has 140 valence electrons. The molecule has 3 atom stereocenters. The summed E-state index contributed by atoms with van der Waals surface area (Å²) in [5, 5.41) is 3.77. The van der Waals surface area contributed by atoms with Gasteiger partial charge in [-0.05, 0) is 0 Å². The first kappa shape index (κ1) is 20.4. The van der Waals surface area contributed by atoms with Gasteiger partial charge in [0.05, 0.1) is 0 Å². The molecule has 0 aromatic rings. The fourth-order valence-corrected chi connectivity index (χ4v) is 2.15. The molecule has 1 rings (SSSR count). The highest BCUT2D eigenvalue weighted by atomic mass is 16.6. The van der Waals surface area contributed by atoms with Gasteiger partial charge in [0.1, 0.15) is 18.9 Å². The van der Waals surface area contributed by atoms with Crippen LogP contribution in [0.5, 0.6) is 0 Å². The van der Waals surface area contributed by atoms with Crippen LogP contribution >= 0.6 is 0 Å². The molecule has 0 N–H and O–H groups in total. The molecule has 0 amide bonds. The zero-order valence-electron chi connectivity index (χ0n) is 14.5. The number of rotatable bonds is 8. The Morgan fingerprint density at radius 3 is 2.00 bits per heavy atom. The van der Waals surface area contributed by atoms with Crippen LogP contribution in [0, 0.1) is 0 Å². The van der Waals surface area contributed by atoms with Crippen LogP contribution in [0.1, 0.15) is 34.1 Å². The van der Waals surface area contributed by atoms with E-state index in [2.05, 4.69) is 5.16 Å². The average Bonchev–Trinajstić information content (AvgIpc) is 3.00. The van der Waals surface area contributed by atoms with Crippen molar-refractivity contribution in [2.24, 2.45) is 5.16 Å². The summed E-state index contributed by atoms with van der Waals surface area (Å²) < 4.78 is 20.4. The molecule has 0 unspecified atom stereocenters. The smallest absolute Gasteiger partial charge is 0.303 e. The Hall–Kier alpha value is -2.65. The third kappa shape index (κ3) is 7.19. The molecule has 0 spiro atoms. The van der Waals surface area contributed by atoms with E-state index in [0.29, 0.717) is 12.1 Å². The van der Waals surface area contributed by atoms with Gasteiger partial charge in [-0.25, -0.2) is 0 Å². The maximum Gasteiger partial charge on any atom is 0.303 e. The first-order chi connectivity index (χ1) is 11.7. The molecule has 0 saturated heterocycles. The molecule has 0 fully saturated rings. The number of esters is 4. The summed E-state index contributed by atoms with van der Waals surface area (Å²) in [5.74, 6) is -2.68. The van der Waals surface area contributed by atoms with Gasteiger partial charge in [0.15, 0.2) is 18.3 Å². The lowest BCUT2D eigenvalue weighted by Gasteiger charge is -2.31. The molecule has 0 radical (unpaired) electrons. The lowest BCUT2D eigenvalue weighted by Crippen LogP contribution is -2.50. The molecule has 10 heteroatoms. The predicted molar refractivity (Wildman–Crippen MR) is 81.3 cm³/mol. The van der Waals surface area contributed by atoms with E-state index in [9.17, 15) is 19.2 Å². The van der Waals surface area contributed by atoms with Crippen molar-refractivity contribution in [1.82, 2.24) is 0 Å². The second kappa shape index (κ2) is 9.60. The monoisotopic (exact) mass is 359 g/mol. The minimum Gasteiger partial charge on any atom is -0.462 e. The Labute approximate surface area is 144 Å². The number of carbonyl (C=O) groups excluding carboxylic acids is 4. The van der Waals surface area contributed by atoms with Crippen molar-refractivity contribution in [2.75, 3.05) is 13.2 Å². The normalized spacial score (nSPS) is 16.6. The first-order valence-corrected chi connectivity index (χ1v) is 7.54. The zero-order valence-corrected chi connectivity index (χ0v) is 14.5. The zero-order chi connectivity index (χ0) is 19.0. The maximum atomic E-state index is 11.5. The Bertz CT molecular complexity index is 557. The van der Waals surface area contributed by atoms with Crippen LogP contribution in [0.15, 0.2) is 5.16 Å². The van der Waals surface area contributed by atoms with Crippen LogP contribution in [-0.2, 0) is 43.0 Å². The van der Waals surface area contributed by atoms with E-state index >= 15 is 0 Å². The Balaban J connectivity index is 3.15. The highest BCUT2D eigenvalue weighted by molar-refractivity contribution is 5.91. The van der Waals surface area contributed by atoms with Crippen molar-refractivity contribution in [3.63, 3.8) is 0 Å². The van der Waals surface area contributed by atoms with Crippen LogP contribution in [0.4, 0.5) is 0 Å². The molecule has 1 heterocycles. The largest absolute Gasteiger partial charge is 0.462 e. The van der Waals surface area contributed by atoms with E-state index in [4.69, 9.17) is 23.8 Å². The van der Waals surface area contributed by atoms with E-state index in [1.807, 2.05) is 0 Å². The van der Waals surface area contributed by atoms with Gasteiger partial charge in [0, 0.05) is 34.1 Å². The summed E-state index contributed by atoms with van der Waals surface area (Å²) in [5.41, 5.74) is 0.307. The maximum absolute atomic E-state index is 11.5. The Kier molecular flexibility index (Phi) is 7.83. The summed E-state index contributed by atoms with van der Waals surface area (Å²) in [6, 6.07) is 0. The lowest BCUT2D eigenvalue weighted by molar-refractivity contribution is -0.183. The number of hydrogen-bond acceptors (Lipinski definition) is 10. The molecule has 0 aromatic carbocycles. The fraction of sp³-hybridized carbons (Fsp3) is 0.667. The SMILES string of the molecule is CC(=O)OC[C@@H](OC(C)=O)[C@H](OC(C)=O)[C@@H](OC(C)=O)C1=NOCC1. The molecule has 0 aromatic heterocycles. The standard InChI is InChI=1S/C15H21NO9/c1-8(17)21-7-13(23-9(2)18)15(25-11(4)20)14(24-10(3)19)12-5-6-22-16-12/h13-15H,5-7H2,1-4H3/t13-,14+,15+/m1/s1.